The van der Waals surface area contributed by atoms with E-state index in [0.29, 0.717) is 11.1 Å². The van der Waals surface area contributed by atoms with E-state index in [-0.39, 0.29) is 11.1 Å². The molecule has 0 aliphatic rings. The van der Waals surface area contributed by atoms with Gasteiger partial charge < -0.3 is 9.15 Å². The second-order valence-corrected chi connectivity index (χ2v) is 3.07. The Kier molecular flexibility index (Phi) is 2.07. The Hall–Kier alpha value is -2.04. The summed E-state index contributed by atoms with van der Waals surface area (Å²) in [5.74, 6) is -0.320. The molecule has 0 fully saturated rings. The number of hydrogen-bond donors (Lipinski definition) is 0. The van der Waals surface area contributed by atoms with E-state index >= 15 is 0 Å². The zero-order valence-corrected chi connectivity index (χ0v) is 8.31. The fraction of sp³-hybridized carbons (Fsp3) is 0.200. The molecule has 2 rings (SSSR count). The molecule has 0 aliphatic carbocycles. The first-order valence-electron chi connectivity index (χ1n) is 4.32. The summed E-state index contributed by atoms with van der Waals surface area (Å²) in [7, 11) is 2.82. The zero-order chi connectivity index (χ0) is 11.0. The second kappa shape index (κ2) is 3.27. The number of para-hydroxylation sites is 1. The van der Waals surface area contributed by atoms with Crippen LogP contribution in [0.2, 0.25) is 0 Å². The number of fused-ring (bicyclic) bond motifs is 1. The van der Waals surface area contributed by atoms with Crippen LogP contribution in [0.5, 0.6) is 5.75 Å². The molecule has 0 spiro atoms. The molecule has 5 nitrogen and oxygen atoms in total. The van der Waals surface area contributed by atoms with Crippen molar-refractivity contribution in [2.45, 2.75) is 0 Å². The fourth-order valence-electron chi connectivity index (χ4n) is 1.37. The van der Waals surface area contributed by atoms with Gasteiger partial charge in [-0.15, -0.1) is 0 Å². The van der Waals surface area contributed by atoms with Crippen LogP contribution in [0.3, 0.4) is 0 Å². The van der Waals surface area contributed by atoms with Crippen LogP contribution in [-0.2, 0) is 7.05 Å². The van der Waals surface area contributed by atoms with Crippen molar-refractivity contribution >= 4 is 11.0 Å². The minimum absolute atomic E-state index is 0.188. The maximum atomic E-state index is 11.7. The van der Waals surface area contributed by atoms with E-state index in [9.17, 15) is 9.59 Å². The summed E-state index contributed by atoms with van der Waals surface area (Å²) < 4.78 is 10.9. The highest BCUT2D eigenvalue weighted by molar-refractivity contribution is 5.81. The van der Waals surface area contributed by atoms with Gasteiger partial charge in [-0.2, -0.15) is 0 Å². The Morgan fingerprint density at radius 3 is 2.73 bits per heavy atom. The lowest BCUT2D eigenvalue weighted by Crippen LogP contribution is -2.29. The first kappa shape index (κ1) is 9.51. The predicted molar refractivity (Wildman–Crippen MR) is 54.3 cm³/mol. The van der Waals surface area contributed by atoms with Gasteiger partial charge in [0.2, 0.25) is 0 Å². The fourth-order valence-corrected chi connectivity index (χ4v) is 1.37. The molecule has 0 bridgehead atoms. The molecule has 0 unspecified atom stereocenters. The summed E-state index contributed by atoms with van der Waals surface area (Å²) in [6, 6.07) is 4.89. The monoisotopic (exact) mass is 207 g/mol. The van der Waals surface area contributed by atoms with E-state index in [0.717, 1.165) is 4.57 Å². The number of ether oxygens (including phenoxy) is 1. The normalized spacial score (nSPS) is 10.5. The lowest BCUT2D eigenvalue weighted by molar-refractivity contribution is 0.399. The Morgan fingerprint density at radius 1 is 1.33 bits per heavy atom. The summed E-state index contributed by atoms with van der Waals surface area (Å²) in [5, 5.41) is 0.330. The Bertz CT molecular complexity index is 623. The average Bonchev–Trinajstić information content (AvgIpc) is 2.25. The van der Waals surface area contributed by atoms with Crippen molar-refractivity contribution < 1.29 is 9.15 Å². The highest BCUT2D eigenvalue weighted by atomic mass is 16.5. The Balaban J connectivity index is 3.05. The van der Waals surface area contributed by atoms with Gasteiger partial charge in [0.1, 0.15) is 0 Å². The third-order valence-electron chi connectivity index (χ3n) is 2.20. The first-order chi connectivity index (χ1) is 7.15. The van der Waals surface area contributed by atoms with E-state index in [4.69, 9.17) is 9.15 Å². The molecule has 0 saturated carbocycles. The number of rotatable bonds is 1. The van der Waals surface area contributed by atoms with Crippen LogP contribution in [-0.4, -0.2) is 11.7 Å². The molecule has 0 radical (unpaired) electrons. The molecule has 0 N–H and O–H groups in total. The molecule has 15 heavy (non-hydrogen) atoms. The lowest BCUT2D eigenvalue weighted by Gasteiger charge is -2.03. The van der Waals surface area contributed by atoms with Gasteiger partial charge in [0.25, 0.3) is 5.56 Å². The molecule has 0 atom stereocenters. The van der Waals surface area contributed by atoms with E-state index in [1.165, 1.54) is 14.2 Å². The molecular weight excluding hydrogens is 198 g/mol. The zero-order valence-electron chi connectivity index (χ0n) is 8.31. The number of hydrogen-bond acceptors (Lipinski definition) is 4. The maximum Gasteiger partial charge on any atom is 0.422 e. The van der Waals surface area contributed by atoms with Crippen LogP contribution in [0.1, 0.15) is 0 Å². The Labute approximate surface area is 84.5 Å². The first-order valence-corrected chi connectivity index (χ1v) is 4.32. The van der Waals surface area contributed by atoms with Crippen LogP contribution >= 0.6 is 0 Å². The Morgan fingerprint density at radius 2 is 2.07 bits per heavy atom. The van der Waals surface area contributed by atoms with Crippen LogP contribution in [0.25, 0.3) is 11.0 Å². The van der Waals surface area contributed by atoms with E-state index in [1.807, 2.05) is 0 Å². The number of aromatic nitrogens is 1. The molecule has 0 aliphatic heterocycles. The number of benzene rings is 1. The van der Waals surface area contributed by atoms with Crippen molar-refractivity contribution in [2.75, 3.05) is 7.11 Å². The van der Waals surface area contributed by atoms with Crippen molar-refractivity contribution in [3.8, 4) is 5.75 Å². The van der Waals surface area contributed by atoms with Gasteiger partial charge >= 0.3 is 5.76 Å². The predicted octanol–water partition coefficient (Wildman–Crippen LogP) is 0.500. The smallest absolute Gasteiger partial charge is 0.422 e. The van der Waals surface area contributed by atoms with Gasteiger partial charge in [-0.3, -0.25) is 4.79 Å². The summed E-state index contributed by atoms with van der Waals surface area (Å²) >= 11 is 0. The lowest BCUT2D eigenvalue weighted by atomic mass is 10.2. The number of nitrogens with zero attached hydrogens (tertiary/aromatic N) is 1. The maximum absolute atomic E-state index is 11.7. The van der Waals surface area contributed by atoms with Crippen LogP contribution in [0.15, 0.2) is 32.2 Å². The van der Waals surface area contributed by atoms with E-state index < -0.39 is 5.76 Å². The highest BCUT2D eigenvalue weighted by Crippen LogP contribution is 2.20. The third kappa shape index (κ3) is 1.32. The van der Waals surface area contributed by atoms with Crippen molar-refractivity contribution in [1.29, 1.82) is 0 Å². The van der Waals surface area contributed by atoms with Crippen molar-refractivity contribution in [3.63, 3.8) is 0 Å². The third-order valence-corrected chi connectivity index (χ3v) is 2.20. The molecule has 2 aromatic rings. The summed E-state index contributed by atoms with van der Waals surface area (Å²) in [6.45, 7) is 0. The molecule has 0 amide bonds. The van der Waals surface area contributed by atoms with Crippen LogP contribution in [0, 0.1) is 0 Å². The molecule has 1 aromatic carbocycles. The summed E-state index contributed by atoms with van der Waals surface area (Å²) in [4.78, 5) is 22.9. The van der Waals surface area contributed by atoms with Crippen molar-refractivity contribution in [1.82, 2.24) is 4.57 Å². The molecule has 78 valence electrons. The van der Waals surface area contributed by atoms with E-state index in [2.05, 4.69) is 0 Å². The molecule has 0 saturated heterocycles. The molecule has 5 heteroatoms. The molecular formula is C10H9NO4. The van der Waals surface area contributed by atoms with Crippen molar-refractivity contribution in [2.24, 2.45) is 7.05 Å². The van der Waals surface area contributed by atoms with E-state index in [1.54, 1.807) is 18.2 Å². The minimum atomic E-state index is -0.697. The summed E-state index contributed by atoms with van der Waals surface area (Å²) in [5.41, 5.74) is -0.201. The highest BCUT2D eigenvalue weighted by Gasteiger charge is 2.10. The van der Waals surface area contributed by atoms with Gasteiger partial charge in [0.05, 0.1) is 12.5 Å². The second-order valence-electron chi connectivity index (χ2n) is 3.07. The average molecular weight is 207 g/mol. The standard InChI is InChI=1S/C10H9NO4/c1-11-9(12)6-4-3-5-7(14-2)8(6)15-10(11)13/h3-5H,1-2H3. The largest absolute Gasteiger partial charge is 0.493 e. The number of methoxy groups -OCH3 is 1. The van der Waals surface area contributed by atoms with Gasteiger partial charge in [-0.05, 0) is 12.1 Å². The molecule has 1 heterocycles. The van der Waals surface area contributed by atoms with Gasteiger partial charge in [-0.1, -0.05) is 6.07 Å². The summed E-state index contributed by atoms with van der Waals surface area (Å²) in [6.07, 6.45) is 0. The van der Waals surface area contributed by atoms with Gasteiger partial charge in [0.15, 0.2) is 11.3 Å². The van der Waals surface area contributed by atoms with Gasteiger partial charge in [0, 0.05) is 7.05 Å². The quantitative estimate of drug-likeness (QED) is 0.683. The SMILES string of the molecule is COc1cccc2c(=O)n(C)c(=O)oc12. The van der Waals surface area contributed by atoms with Crippen LogP contribution < -0.4 is 16.1 Å². The topological polar surface area (TPSA) is 61.4 Å². The van der Waals surface area contributed by atoms with Gasteiger partial charge in [-0.25, -0.2) is 9.36 Å². The molecule has 1 aromatic heterocycles. The van der Waals surface area contributed by atoms with Crippen LogP contribution in [0.4, 0.5) is 0 Å². The minimum Gasteiger partial charge on any atom is -0.493 e. The van der Waals surface area contributed by atoms with Crippen molar-refractivity contribution in [3.05, 3.63) is 39.1 Å².